The van der Waals surface area contributed by atoms with E-state index in [1.165, 1.54) is 22.5 Å². The second-order valence-electron chi connectivity index (χ2n) is 3.94. The Balaban J connectivity index is 2.47. The van der Waals surface area contributed by atoms with E-state index in [1.54, 1.807) is 0 Å². The molecule has 72 valence electrons. The van der Waals surface area contributed by atoms with Gasteiger partial charge in [-0.1, -0.05) is 13.8 Å². The summed E-state index contributed by atoms with van der Waals surface area (Å²) >= 11 is 0. The van der Waals surface area contributed by atoms with Crippen LogP contribution in [0.3, 0.4) is 0 Å². The molecule has 0 aromatic carbocycles. The smallest absolute Gasteiger partial charge is 0.0363 e. The lowest BCUT2D eigenvalue weighted by atomic mass is 10.0. The average molecular weight is 179 g/mol. The van der Waals surface area contributed by atoms with Gasteiger partial charge in [0.25, 0.3) is 0 Å². The first-order valence-corrected chi connectivity index (χ1v) is 4.87. The van der Waals surface area contributed by atoms with Gasteiger partial charge in [0.2, 0.25) is 0 Å². The number of nitrogens with two attached hydrogens (primary N) is 1. The van der Waals surface area contributed by atoms with Gasteiger partial charge in [0.1, 0.15) is 0 Å². The van der Waals surface area contributed by atoms with Gasteiger partial charge in [0.15, 0.2) is 0 Å². The number of rotatable bonds is 2. The summed E-state index contributed by atoms with van der Waals surface area (Å²) in [6.45, 7) is 7.00. The van der Waals surface area contributed by atoms with Crippen molar-refractivity contribution in [2.75, 3.05) is 0 Å². The van der Waals surface area contributed by atoms with Crippen LogP contribution in [-0.2, 0) is 19.6 Å². The fourth-order valence-corrected chi connectivity index (χ4v) is 2.06. The molecule has 2 heterocycles. The number of H-pyrrole nitrogens is 1. The van der Waals surface area contributed by atoms with Crippen LogP contribution in [0.5, 0.6) is 0 Å². The Bertz CT molecular complexity index is 312. The Kier molecular flexibility index (Phi) is 2.14. The highest BCUT2D eigenvalue weighted by Gasteiger charge is 2.20. The summed E-state index contributed by atoms with van der Waals surface area (Å²) in [5.41, 5.74) is 11.2. The molecule has 2 rings (SSSR count). The van der Waals surface area contributed by atoms with Crippen LogP contribution in [0.15, 0.2) is 0 Å². The molecule has 0 spiro atoms. The van der Waals surface area contributed by atoms with Crippen molar-refractivity contribution in [1.82, 2.24) is 10.3 Å². The Morgan fingerprint density at radius 3 is 2.77 bits per heavy atom. The van der Waals surface area contributed by atoms with Gasteiger partial charge < -0.3 is 16.0 Å². The normalized spacial score (nSPS) is 15.4. The fraction of sp³-hybridized carbons (Fsp3) is 0.600. The Morgan fingerprint density at radius 1 is 1.38 bits per heavy atom. The predicted molar refractivity (Wildman–Crippen MR) is 53.3 cm³/mol. The fourth-order valence-electron chi connectivity index (χ4n) is 2.06. The minimum Gasteiger partial charge on any atom is -0.360 e. The van der Waals surface area contributed by atoms with Crippen molar-refractivity contribution in [1.29, 1.82) is 0 Å². The number of nitrogens with one attached hydrogen (secondary N) is 2. The van der Waals surface area contributed by atoms with Gasteiger partial charge in [-0.25, -0.2) is 0 Å². The SMILES string of the molecule is CC(C)c1[nH]c2c(c1CN)CNC2. The third-order valence-corrected chi connectivity index (χ3v) is 2.72. The lowest BCUT2D eigenvalue weighted by molar-refractivity contribution is 0.728. The molecule has 0 amide bonds. The third kappa shape index (κ3) is 1.28. The molecule has 3 heteroatoms. The molecule has 0 radical (unpaired) electrons. The van der Waals surface area contributed by atoms with Crippen LogP contribution in [-0.4, -0.2) is 4.98 Å². The second kappa shape index (κ2) is 3.16. The highest BCUT2D eigenvalue weighted by molar-refractivity contribution is 5.40. The number of hydrogen-bond donors (Lipinski definition) is 3. The Labute approximate surface area is 78.7 Å². The van der Waals surface area contributed by atoms with E-state index < -0.39 is 0 Å². The summed E-state index contributed by atoms with van der Waals surface area (Å²) in [5.74, 6) is 0.546. The first kappa shape index (κ1) is 8.78. The minimum absolute atomic E-state index is 0.546. The van der Waals surface area contributed by atoms with Gasteiger partial charge >= 0.3 is 0 Å². The van der Waals surface area contributed by atoms with Crippen molar-refractivity contribution in [3.05, 3.63) is 22.5 Å². The van der Waals surface area contributed by atoms with Crippen molar-refractivity contribution in [2.24, 2.45) is 5.73 Å². The minimum atomic E-state index is 0.546. The van der Waals surface area contributed by atoms with E-state index in [2.05, 4.69) is 24.1 Å². The largest absolute Gasteiger partial charge is 0.360 e. The highest BCUT2D eigenvalue weighted by atomic mass is 14.9. The van der Waals surface area contributed by atoms with Crippen molar-refractivity contribution in [3.8, 4) is 0 Å². The van der Waals surface area contributed by atoms with Crippen molar-refractivity contribution >= 4 is 0 Å². The van der Waals surface area contributed by atoms with E-state index in [4.69, 9.17) is 5.73 Å². The third-order valence-electron chi connectivity index (χ3n) is 2.72. The second-order valence-corrected chi connectivity index (χ2v) is 3.94. The molecule has 0 aliphatic carbocycles. The van der Waals surface area contributed by atoms with Gasteiger partial charge in [0.05, 0.1) is 0 Å². The zero-order valence-electron chi connectivity index (χ0n) is 8.28. The van der Waals surface area contributed by atoms with Gasteiger partial charge in [-0.15, -0.1) is 0 Å². The molecule has 13 heavy (non-hydrogen) atoms. The lowest BCUT2D eigenvalue weighted by Crippen LogP contribution is -2.08. The monoisotopic (exact) mass is 179 g/mol. The molecule has 0 saturated heterocycles. The van der Waals surface area contributed by atoms with E-state index in [-0.39, 0.29) is 0 Å². The van der Waals surface area contributed by atoms with Crippen LogP contribution in [0, 0.1) is 0 Å². The van der Waals surface area contributed by atoms with Crippen LogP contribution >= 0.6 is 0 Å². The summed E-state index contributed by atoms with van der Waals surface area (Å²) in [6, 6.07) is 0. The molecule has 0 unspecified atom stereocenters. The molecule has 0 atom stereocenters. The maximum Gasteiger partial charge on any atom is 0.0363 e. The number of aromatic nitrogens is 1. The number of hydrogen-bond acceptors (Lipinski definition) is 2. The summed E-state index contributed by atoms with van der Waals surface area (Å²) in [7, 11) is 0. The van der Waals surface area contributed by atoms with Crippen LogP contribution < -0.4 is 11.1 Å². The molecule has 1 aliphatic heterocycles. The maximum absolute atomic E-state index is 5.76. The molecule has 1 aromatic rings. The molecule has 0 fully saturated rings. The Hall–Kier alpha value is -0.800. The first-order valence-electron chi connectivity index (χ1n) is 4.87. The van der Waals surface area contributed by atoms with E-state index >= 15 is 0 Å². The summed E-state index contributed by atoms with van der Waals surface area (Å²) in [5, 5.41) is 3.32. The topological polar surface area (TPSA) is 53.8 Å². The molecule has 3 nitrogen and oxygen atoms in total. The number of fused-ring (bicyclic) bond motifs is 1. The molecule has 0 bridgehead atoms. The van der Waals surface area contributed by atoms with Crippen molar-refractivity contribution < 1.29 is 0 Å². The van der Waals surface area contributed by atoms with Crippen LogP contribution in [0.1, 0.15) is 42.3 Å². The number of aromatic amines is 1. The van der Waals surface area contributed by atoms with Crippen molar-refractivity contribution in [2.45, 2.75) is 39.4 Å². The van der Waals surface area contributed by atoms with E-state index in [9.17, 15) is 0 Å². The summed E-state index contributed by atoms with van der Waals surface area (Å²) < 4.78 is 0. The zero-order valence-corrected chi connectivity index (χ0v) is 8.28. The molecule has 1 aromatic heterocycles. The standard InChI is InChI=1S/C10H17N3/c1-6(2)10-7(3-11)8-4-12-5-9(8)13-10/h6,12-13H,3-5,11H2,1-2H3. The molecule has 0 saturated carbocycles. The van der Waals surface area contributed by atoms with Gasteiger partial charge in [-0.3, -0.25) is 0 Å². The summed E-state index contributed by atoms with van der Waals surface area (Å²) in [6.07, 6.45) is 0. The van der Waals surface area contributed by atoms with Gasteiger partial charge in [-0.2, -0.15) is 0 Å². The molecular weight excluding hydrogens is 162 g/mol. The molecular formula is C10H17N3. The zero-order chi connectivity index (χ0) is 9.42. The van der Waals surface area contributed by atoms with E-state index in [0.717, 1.165) is 13.1 Å². The van der Waals surface area contributed by atoms with Gasteiger partial charge in [0, 0.05) is 31.0 Å². The van der Waals surface area contributed by atoms with Crippen LogP contribution in [0.2, 0.25) is 0 Å². The Morgan fingerprint density at radius 2 is 2.15 bits per heavy atom. The van der Waals surface area contributed by atoms with Crippen molar-refractivity contribution in [3.63, 3.8) is 0 Å². The van der Waals surface area contributed by atoms with E-state index in [1.807, 2.05) is 0 Å². The predicted octanol–water partition coefficient (Wildman–Crippen LogP) is 1.20. The van der Waals surface area contributed by atoms with Crippen LogP contribution in [0.4, 0.5) is 0 Å². The molecule has 1 aliphatic rings. The van der Waals surface area contributed by atoms with Crippen LogP contribution in [0.25, 0.3) is 0 Å². The molecule has 4 N–H and O–H groups in total. The maximum atomic E-state index is 5.76. The highest BCUT2D eigenvalue weighted by Crippen LogP contribution is 2.27. The van der Waals surface area contributed by atoms with Gasteiger partial charge in [-0.05, 0) is 17.0 Å². The average Bonchev–Trinajstić information content (AvgIpc) is 2.60. The quantitative estimate of drug-likeness (QED) is 0.639. The van der Waals surface area contributed by atoms with E-state index in [0.29, 0.717) is 12.5 Å². The first-order chi connectivity index (χ1) is 6.24. The summed E-state index contributed by atoms with van der Waals surface area (Å²) in [4.78, 5) is 3.47. The lowest BCUT2D eigenvalue weighted by Gasteiger charge is -2.07.